The lowest BCUT2D eigenvalue weighted by Crippen LogP contribution is -2.55. The number of piperazine rings is 1. The minimum atomic E-state index is -0.447. The van der Waals surface area contributed by atoms with Crippen LogP contribution in [0.3, 0.4) is 0 Å². The molecule has 0 spiro atoms. The number of nitrogens with zero attached hydrogens (tertiary/aromatic N) is 4. The van der Waals surface area contributed by atoms with E-state index in [1.165, 1.54) is 18.2 Å². The van der Waals surface area contributed by atoms with Gasteiger partial charge in [-0.15, -0.1) is 0 Å². The molecule has 3 heterocycles. The van der Waals surface area contributed by atoms with Crippen molar-refractivity contribution in [3.8, 4) is 0 Å². The van der Waals surface area contributed by atoms with Gasteiger partial charge in [0.25, 0.3) is 5.91 Å². The third-order valence-electron chi connectivity index (χ3n) is 5.89. The second-order valence-electron chi connectivity index (χ2n) is 7.82. The number of carbonyl (C=O) groups excluding carboxylic acids is 1. The molecule has 5 nitrogen and oxygen atoms in total. The molecule has 1 amide bonds. The highest BCUT2D eigenvalue weighted by Crippen LogP contribution is 2.37. The zero-order valence-corrected chi connectivity index (χ0v) is 19.9. The van der Waals surface area contributed by atoms with Gasteiger partial charge in [-0.2, -0.15) is 0 Å². The van der Waals surface area contributed by atoms with Gasteiger partial charge in [0.05, 0.1) is 10.6 Å². The van der Waals surface area contributed by atoms with Crippen LogP contribution in [0.2, 0.25) is 10.2 Å². The first kappa shape index (κ1) is 22.6. The molecule has 2 aliphatic rings. The van der Waals surface area contributed by atoms with Crippen LogP contribution in [-0.4, -0.2) is 58.4 Å². The Kier molecular flexibility index (Phi) is 6.96. The third kappa shape index (κ3) is 4.80. The van der Waals surface area contributed by atoms with Crippen LogP contribution >= 0.6 is 35.1 Å². The van der Waals surface area contributed by atoms with E-state index in [1.807, 2.05) is 11.0 Å². The lowest BCUT2D eigenvalue weighted by Gasteiger charge is -2.42. The number of aromatic nitrogens is 1. The van der Waals surface area contributed by atoms with Gasteiger partial charge in [0.15, 0.2) is 0 Å². The van der Waals surface area contributed by atoms with E-state index in [0.717, 1.165) is 36.6 Å². The number of rotatable bonds is 6. The lowest BCUT2D eigenvalue weighted by molar-refractivity contribution is 0.0717. The molecule has 2 atom stereocenters. The van der Waals surface area contributed by atoms with Gasteiger partial charge in [-0.1, -0.05) is 37.0 Å². The molecule has 1 aromatic heterocycles. The predicted octanol–water partition coefficient (Wildman–Crippen LogP) is 5.37. The van der Waals surface area contributed by atoms with Crippen LogP contribution in [0.4, 0.5) is 10.2 Å². The fourth-order valence-corrected chi connectivity index (χ4v) is 5.82. The molecule has 2 unspecified atom stereocenters. The molecule has 31 heavy (non-hydrogen) atoms. The number of halogens is 3. The van der Waals surface area contributed by atoms with Crippen molar-refractivity contribution < 1.29 is 9.18 Å². The number of amides is 1. The maximum atomic E-state index is 13.4. The van der Waals surface area contributed by atoms with Crippen LogP contribution in [0.25, 0.3) is 0 Å². The molecular weight excluding hydrogens is 458 g/mol. The molecule has 9 heteroatoms. The molecule has 4 rings (SSSR count). The third-order valence-corrected chi connectivity index (χ3v) is 7.62. The van der Waals surface area contributed by atoms with Gasteiger partial charge >= 0.3 is 0 Å². The number of hydrogen-bond acceptors (Lipinski definition) is 5. The fourth-order valence-electron chi connectivity index (χ4n) is 4.42. The summed E-state index contributed by atoms with van der Waals surface area (Å²) in [5.74, 6) is 0.261. The van der Waals surface area contributed by atoms with E-state index in [4.69, 9.17) is 23.2 Å². The summed E-state index contributed by atoms with van der Waals surface area (Å²) in [6.07, 6.45) is 1.97. The van der Waals surface area contributed by atoms with Gasteiger partial charge in [0.1, 0.15) is 16.8 Å². The monoisotopic (exact) mass is 482 g/mol. The maximum absolute atomic E-state index is 13.4. The first-order valence-corrected chi connectivity index (χ1v) is 12.1. The average molecular weight is 483 g/mol. The zero-order valence-electron chi connectivity index (χ0n) is 17.5. The summed E-state index contributed by atoms with van der Waals surface area (Å²) in [6, 6.07) is 8.24. The second-order valence-corrected chi connectivity index (χ2v) is 9.78. The van der Waals surface area contributed by atoms with Crippen molar-refractivity contribution in [2.45, 2.75) is 43.7 Å². The molecule has 2 aliphatic heterocycles. The number of anilines is 1. The Morgan fingerprint density at radius 2 is 1.84 bits per heavy atom. The Labute approximate surface area is 196 Å². The molecule has 2 saturated heterocycles. The SMILES string of the molecule is CCN(CC)Sc1cc(Cl)nc(N2C3CCC2CN(C(=O)c2ccc(F)cc2Cl)C3)c1. The molecular formula is C22H25Cl2FN4OS. The molecule has 166 valence electrons. The van der Waals surface area contributed by atoms with Crippen molar-refractivity contribution >= 4 is 46.9 Å². The Bertz CT molecular complexity index is 961. The van der Waals surface area contributed by atoms with Gasteiger partial charge in [-0.05, 0) is 55.1 Å². The minimum Gasteiger partial charge on any atom is -0.347 e. The number of benzene rings is 1. The van der Waals surface area contributed by atoms with Crippen LogP contribution in [-0.2, 0) is 0 Å². The normalized spacial score (nSPS) is 20.6. The van der Waals surface area contributed by atoms with Gasteiger partial charge in [0.2, 0.25) is 0 Å². The highest BCUT2D eigenvalue weighted by Gasteiger charge is 2.42. The fraction of sp³-hybridized carbons (Fsp3) is 0.455. The summed E-state index contributed by atoms with van der Waals surface area (Å²) in [5.41, 5.74) is 0.342. The molecule has 2 fully saturated rings. The van der Waals surface area contributed by atoms with Crippen molar-refractivity contribution in [1.82, 2.24) is 14.2 Å². The van der Waals surface area contributed by atoms with E-state index < -0.39 is 5.82 Å². The largest absolute Gasteiger partial charge is 0.347 e. The molecule has 1 aromatic carbocycles. The lowest BCUT2D eigenvalue weighted by atomic mass is 10.1. The van der Waals surface area contributed by atoms with Crippen LogP contribution in [0, 0.1) is 5.82 Å². The van der Waals surface area contributed by atoms with E-state index in [-0.39, 0.29) is 23.0 Å². The van der Waals surface area contributed by atoms with E-state index in [1.54, 1.807) is 11.9 Å². The standard InChI is InChI=1S/C22H25Cl2FN4OS/c1-3-28(4-2)31-17-10-20(24)26-21(11-17)29-15-6-7-16(29)13-27(12-15)22(30)18-8-5-14(25)9-19(18)23/h5,8-11,15-16H,3-4,6-7,12-13H2,1-2H3. The average Bonchev–Trinajstić information content (AvgIpc) is 3.00. The van der Waals surface area contributed by atoms with Crippen molar-refractivity contribution in [3.05, 3.63) is 51.9 Å². The van der Waals surface area contributed by atoms with Crippen molar-refractivity contribution in [1.29, 1.82) is 0 Å². The minimum absolute atomic E-state index is 0.148. The molecule has 0 N–H and O–H groups in total. The maximum Gasteiger partial charge on any atom is 0.255 e. The summed E-state index contributed by atoms with van der Waals surface area (Å²) in [4.78, 5) is 22.9. The summed E-state index contributed by atoms with van der Waals surface area (Å²) in [7, 11) is 0. The Hall–Kier alpha value is -1.54. The number of carbonyl (C=O) groups is 1. The Morgan fingerprint density at radius 1 is 1.16 bits per heavy atom. The van der Waals surface area contributed by atoms with E-state index >= 15 is 0 Å². The summed E-state index contributed by atoms with van der Waals surface area (Å²) in [6.45, 7) is 7.29. The van der Waals surface area contributed by atoms with Crippen LogP contribution in [0.15, 0.2) is 35.2 Å². The van der Waals surface area contributed by atoms with Crippen molar-refractivity contribution in [3.63, 3.8) is 0 Å². The zero-order chi connectivity index (χ0) is 22.1. The van der Waals surface area contributed by atoms with Crippen LogP contribution in [0.1, 0.15) is 37.0 Å². The molecule has 2 aromatic rings. The van der Waals surface area contributed by atoms with Crippen LogP contribution < -0.4 is 4.90 Å². The second kappa shape index (κ2) is 9.53. The van der Waals surface area contributed by atoms with E-state index in [9.17, 15) is 9.18 Å². The number of likely N-dealkylation sites (tertiary alicyclic amines) is 1. The summed E-state index contributed by atoms with van der Waals surface area (Å²) < 4.78 is 15.6. The molecule has 0 saturated carbocycles. The molecule has 2 bridgehead atoms. The van der Waals surface area contributed by atoms with E-state index in [2.05, 4.69) is 34.1 Å². The first-order valence-electron chi connectivity index (χ1n) is 10.5. The van der Waals surface area contributed by atoms with E-state index in [0.29, 0.717) is 23.8 Å². The number of hydrogen-bond donors (Lipinski definition) is 0. The topological polar surface area (TPSA) is 39.7 Å². The molecule has 0 radical (unpaired) electrons. The van der Waals surface area contributed by atoms with Gasteiger partial charge < -0.3 is 9.80 Å². The highest BCUT2D eigenvalue weighted by atomic mass is 35.5. The number of pyridine rings is 1. The van der Waals surface area contributed by atoms with Crippen molar-refractivity contribution in [2.24, 2.45) is 0 Å². The summed E-state index contributed by atoms with van der Waals surface area (Å²) in [5, 5.41) is 0.623. The molecule has 0 aliphatic carbocycles. The Balaban J connectivity index is 1.53. The smallest absolute Gasteiger partial charge is 0.255 e. The summed E-state index contributed by atoms with van der Waals surface area (Å²) >= 11 is 14.2. The first-order chi connectivity index (χ1) is 14.9. The van der Waals surface area contributed by atoms with Crippen molar-refractivity contribution in [2.75, 3.05) is 31.1 Å². The van der Waals surface area contributed by atoms with Crippen LogP contribution in [0.5, 0.6) is 0 Å². The van der Waals surface area contributed by atoms with Gasteiger partial charge in [-0.3, -0.25) is 4.79 Å². The van der Waals surface area contributed by atoms with Gasteiger partial charge in [-0.25, -0.2) is 13.7 Å². The number of fused-ring (bicyclic) bond motifs is 2. The predicted molar refractivity (Wildman–Crippen MR) is 125 cm³/mol. The quantitative estimate of drug-likeness (QED) is 0.408. The highest BCUT2D eigenvalue weighted by molar-refractivity contribution is 7.97. The van der Waals surface area contributed by atoms with Gasteiger partial charge in [0, 0.05) is 43.2 Å². The Morgan fingerprint density at radius 3 is 2.45 bits per heavy atom.